The molecule has 2 rings (SSSR count). The van der Waals surface area contributed by atoms with Crippen molar-refractivity contribution in [2.45, 2.75) is 26.7 Å². The number of ether oxygens (including phenoxy) is 1. The van der Waals surface area contributed by atoms with Crippen molar-refractivity contribution in [3.05, 3.63) is 53.6 Å². The summed E-state index contributed by atoms with van der Waals surface area (Å²) >= 11 is 0. The van der Waals surface area contributed by atoms with Crippen molar-refractivity contribution in [2.24, 2.45) is 0 Å². The van der Waals surface area contributed by atoms with E-state index in [2.05, 4.69) is 6.92 Å². The molecular weight excluding hydrogens is 224 g/mol. The molecule has 0 bridgehead atoms. The normalized spacial score (nSPS) is 10.3. The molecule has 94 valence electrons. The largest absolute Gasteiger partial charge is 0.508 e. The molecule has 0 saturated heterocycles. The second-order valence-electron chi connectivity index (χ2n) is 4.41. The lowest BCUT2D eigenvalue weighted by molar-refractivity contribution is 0.448. The second-order valence-corrected chi connectivity index (χ2v) is 4.41. The molecule has 2 aromatic carbocycles. The average molecular weight is 242 g/mol. The first-order valence-electron chi connectivity index (χ1n) is 6.26. The van der Waals surface area contributed by atoms with Gasteiger partial charge in [-0.25, -0.2) is 0 Å². The highest BCUT2D eigenvalue weighted by atomic mass is 16.5. The lowest BCUT2D eigenvalue weighted by atomic mass is 10.1. The molecule has 0 heterocycles. The van der Waals surface area contributed by atoms with Gasteiger partial charge in [0.25, 0.3) is 0 Å². The zero-order chi connectivity index (χ0) is 13.0. The molecular formula is C16H18O2. The molecule has 0 saturated carbocycles. The summed E-state index contributed by atoms with van der Waals surface area (Å²) in [5.41, 5.74) is 2.05. The lowest BCUT2D eigenvalue weighted by Crippen LogP contribution is -1.89. The molecule has 0 unspecified atom stereocenters. The summed E-state index contributed by atoms with van der Waals surface area (Å²) in [6, 6.07) is 13.3. The highest BCUT2D eigenvalue weighted by Gasteiger charge is 2.05. The summed E-state index contributed by atoms with van der Waals surface area (Å²) in [6.45, 7) is 4.10. The summed E-state index contributed by atoms with van der Waals surface area (Å²) in [6.07, 6.45) is 1.90. The molecule has 0 amide bonds. The number of rotatable bonds is 4. The van der Waals surface area contributed by atoms with Crippen molar-refractivity contribution >= 4 is 0 Å². The Hall–Kier alpha value is -1.96. The molecule has 0 radical (unpaired) electrons. The molecule has 1 N–H and O–H groups in total. The smallest absolute Gasteiger partial charge is 0.131 e. The van der Waals surface area contributed by atoms with Gasteiger partial charge < -0.3 is 9.84 Å². The van der Waals surface area contributed by atoms with Gasteiger partial charge in [-0.1, -0.05) is 37.6 Å². The third-order valence-corrected chi connectivity index (χ3v) is 2.90. The number of hydrogen-bond donors (Lipinski definition) is 1. The first kappa shape index (κ1) is 12.5. The molecule has 2 nitrogen and oxygen atoms in total. The van der Waals surface area contributed by atoms with E-state index < -0.39 is 0 Å². The van der Waals surface area contributed by atoms with Gasteiger partial charge in [0.15, 0.2) is 0 Å². The Bertz CT molecular complexity index is 532. The predicted molar refractivity (Wildman–Crippen MR) is 73.4 cm³/mol. The van der Waals surface area contributed by atoms with E-state index in [0.717, 1.165) is 29.7 Å². The van der Waals surface area contributed by atoms with Crippen LogP contribution in [0.4, 0.5) is 0 Å². The molecule has 0 aromatic heterocycles. The van der Waals surface area contributed by atoms with Crippen LogP contribution in [0.25, 0.3) is 0 Å². The van der Waals surface area contributed by atoms with E-state index in [1.165, 1.54) is 0 Å². The van der Waals surface area contributed by atoms with Gasteiger partial charge in [0.1, 0.15) is 17.2 Å². The Morgan fingerprint density at radius 3 is 2.56 bits per heavy atom. The molecule has 2 aromatic rings. The van der Waals surface area contributed by atoms with Gasteiger partial charge >= 0.3 is 0 Å². The molecule has 0 aliphatic rings. The van der Waals surface area contributed by atoms with Crippen molar-refractivity contribution in [1.82, 2.24) is 0 Å². The molecule has 0 spiro atoms. The predicted octanol–water partition coefficient (Wildman–Crippen LogP) is 4.45. The Balaban J connectivity index is 2.20. The summed E-state index contributed by atoms with van der Waals surface area (Å²) in [7, 11) is 0. The molecule has 0 aliphatic heterocycles. The number of benzene rings is 2. The fourth-order valence-electron chi connectivity index (χ4n) is 1.89. The van der Waals surface area contributed by atoms with E-state index in [9.17, 15) is 5.11 Å². The van der Waals surface area contributed by atoms with Crippen LogP contribution in [0.2, 0.25) is 0 Å². The number of hydrogen-bond acceptors (Lipinski definition) is 2. The standard InChI is InChI=1S/C16H18O2/c1-3-6-13-9-10-14(11-15(13)17)18-16-8-5-4-7-12(16)2/h4-5,7-11,17H,3,6H2,1-2H3. The van der Waals surface area contributed by atoms with Gasteiger partial charge in [0, 0.05) is 6.07 Å². The highest BCUT2D eigenvalue weighted by Crippen LogP contribution is 2.29. The number of aromatic hydroxyl groups is 1. The third-order valence-electron chi connectivity index (χ3n) is 2.90. The molecule has 2 heteroatoms. The van der Waals surface area contributed by atoms with Crippen LogP contribution < -0.4 is 4.74 Å². The van der Waals surface area contributed by atoms with Crippen LogP contribution in [-0.2, 0) is 6.42 Å². The summed E-state index contributed by atoms with van der Waals surface area (Å²) < 4.78 is 5.76. The monoisotopic (exact) mass is 242 g/mol. The van der Waals surface area contributed by atoms with Gasteiger partial charge in [0.05, 0.1) is 0 Å². The van der Waals surface area contributed by atoms with Crippen LogP contribution in [0, 0.1) is 6.92 Å². The minimum atomic E-state index is 0.308. The number of para-hydroxylation sites is 1. The van der Waals surface area contributed by atoms with E-state index in [4.69, 9.17) is 4.74 Å². The summed E-state index contributed by atoms with van der Waals surface area (Å²) in [5, 5.41) is 9.89. The molecule has 0 atom stereocenters. The van der Waals surface area contributed by atoms with Crippen molar-refractivity contribution in [3.8, 4) is 17.2 Å². The van der Waals surface area contributed by atoms with E-state index in [1.54, 1.807) is 6.07 Å². The minimum Gasteiger partial charge on any atom is -0.508 e. The lowest BCUT2D eigenvalue weighted by Gasteiger charge is -2.10. The quantitative estimate of drug-likeness (QED) is 0.858. The van der Waals surface area contributed by atoms with Crippen LogP contribution in [-0.4, -0.2) is 5.11 Å². The SMILES string of the molecule is CCCc1ccc(Oc2ccccc2C)cc1O. The minimum absolute atomic E-state index is 0.308. The molecule has 0 fully saturated rings. The fourth-order valence-corrected chi connectivity index (χ4v) is 1.89. The Morgan fingerprint density at radius 1 is 1.11 bits per heavy atom. The van der Waals surface area contributed by atoms with Gasteiger partial charge in [-0.3, -0.25) is 0 Å². The fraction of sp³-hybridized carbons (Fsp3) is 0.250. The zero-order valence-electron chi connectivity index (χ0n) is 10.8. The van der Waals surface area contributed by atoms with Crippen molar-refractivity contribution < 1.29 is 9.84 Å². The van der Waals surface area contributed by atoms with E-state index in [1.807, 2.05) is 43.3 Å². The summed E-state index contributed by atoms with van der Waals surface area (Å²) in [4.78, 5) is 0. The Kier molecular flexibility index (Phi) is 3.88. The topological polar surface area (TPSA) is 29.5 Å². The second kappa shape index (κ2) is 5.58. The maximum Gasteiger partial charge on any atom is 0.131 e. The van der Waals surface area contributed by atoms with Crippen LogP contribution >= 0.6 is 0 Å². The van der Waals surface area contributed by atoms with Gasteiger partial charge in [-0.15, -0.1) is 0 Å². The van der Waals surface area contributed by atoms with Crippen LogP contribution in [0.15, 0.2) is 42.5 Å². The Labute approximate surface area is 108 Å². The van der Waals surface area contributed by atoms with Gasteiger partial charge in [0.2, 0.25) is 0 Å². The van der Waals surface area contributed by atoms with Crippen LogP contribution in [0.5, 0.6) is 17.2 Å². The average Bonchev–Trinajstić information content (AvgIpc) is 2.36. The van der Waals surface area contributed by atoms with Crippen molar-refractivity contribution in [3.63, 3.8) is 0 Å². The highest BCUT2D eigenvalue weighted by molar-refractivity contribution is 5.43. The van der Waals surface area contributed by atoms with Gasteiger partial charge in [-0.2, -0.15) is 0 Å². The van der Waals surface area contributed by atoms with E-state index in [-0.39, 0.29) is 0 Å². The van der Waals surface area contributed by atoms with Crippen LogP contribution in [0.3, 0.4) is 0 Å². The first-order chi connectivity index (χ1) is 8.70. The van der Waals surface area contributed by atoms with Gasteiger partial charge in [-0.05, 0) is 36.6 Å². The van der Waals surface area contributed by atoms with E-state index in [0.29, 0.717) is 11.5 Å². The van der Waals surface area contributed by atoms with Crippen molar-refractivity contribution in [2.75, 3.05) is 0 Å². The number of phenolic OH excluding ortho intramolecular Hbond substituents is 1. The first-order valence-corrected chi connectivity index (χ1v) is 6.26. The summed E-state index contributed by atoms with van der Waals surface area (Å²) in [5.74, 6) is 1.80. The maximum absolute atomic E-state index is 9.89. The van der Waals surface area contributed by atoms with E-state index >= 15 is 0 Å². The number of phenols is 1. The Morgan fingerprint density at radius 2 is 1.89 bits per heavy atom. The molecule has 0 aliphatic carbocycles. The number of aryl methyl sites for hydroxylation is 2. The zero-order valence-corrected chi connectivity index (χ0v) is 10.8. The van der Waals surface area contributed by atoms with Crippen molar-refractivity contribution in [1.29, 1.82) is 0 Å². The maximum atomic E-state index is 9.89. The molecule has 18 heavy (non-hydrogen) atoms. The van der Waals surface area contributed by atoms with Crippen LogP contribution in [0.1, 0.15) is 24.5 Å². The third kappa shape index (κ3) is 2.83.